The average molecular weight is 251 g/mol. The molecule has 0 aromatic rings. The van der Waals surface area contributed by atoms with Gasteiger partial charge in [0.25, 0.3) is 0 Å². The molecule has 17 heavy (non-hydrogen) atoms. The SMILES string of the molecule is C/C=C/CCNC(=NCCC(F)(F)F)NCC. The summed E-state index contributed by atoms with van der Waals surface area (Å²) in [6.07, 6.45) is -0.313. The highest BCUT2D eigenvalue weighted by Gasteiger charge is 2.26. The highest BCUT2D eigenvalue weighted by molar-refractivity contribution is 5.79. The first-order valence-electron chi connectivity index (χ1n) is 5.69. The maximum absolute atomic E-state index is 11.9. The fourth-order valence-corrected chi connectivity index (χ4v) is 1.08. The molecule has 3 nitrogen and oxygen atoms in total. The second kappa shape index (κ2) is 8.90. The van der Waals surface area contributed by atoms with Crippen molar-refractivity contribution in [1.82, 2.24) is 10.6 Å². The summed E-state index contributed by atoms with van der Waals surface area (Å²) in [6, 6.07) is 0. The standard InChI is InChI=1S/C11H20F3N3/c1-3-5-6-8-16-10(15-4-2)17-9-7-11(12,13)14/h3,5H,4,6-9H2,1-2H3,(H2,15,16,17)/b5-3+. The van der Waals surface area contributed by atoms with E-state index in [9.17, 15) is 13.2 Å². The van der Waals surface area contributed by atoms with E-state index in [1.807, 2.05) is 26.0 Å². The molecule has 0 aromatic carbocycles. The Balaban J connectivity index is 3.98. The molecule has 0 spiro atoms. The molecule has 0 fully saturated rings. The largest absolute Gasteiger partial charge is 0.390 e. The van der Waals surface area contributed by atoms with Crippen LogP contribution in [0.3, 0.4) is 0 Å². The number of aliphatic imine (C=N–C) groups is 1. The maximum atomic E-state index is 11.9. The van der Waals surface area contributed by atoms with Gasteiger partial charge in [0.2, 0.25) is 0 Å². The minimum Gasteiger partial charge on any atom is -0.357 e. The number of hydrogen-bond donors (Lipinski definition) is 2. The van der Waals surface area contributed by atoms with Crippen LogP contribution in [0.25, 0.3) is 0 Å². The zero-order chi connectivity index (χ0) is 13.1. The Morgan fingerprint density at radius 1 is 1.29 bits per heavy atom. The van der Waals surface area contributed by atoms with Gasteiger partial charge in [-0.15, -0.1) is 0 Å². The Kier molecular flexibility index (Phi) is 8.27. The normalized spacial score (nSPS) is 13.1. The van der Waals surface area contributed by atoms with Crippen molar-refractivity contribution in [1.29, 1.82) is 0 Å². The number of halogens is 3. The van der Waals surface area contributed by atoms with E-state index in [4.69, 9.17) is 0 Å². The third-order valence-electron chi connectivity index (χ3n) is 1.85. The zero-order valence-electron chi connectivity index (χ0n) is 10.3. The molecule has 0 bridgehead atoms. The van der Waals surface area contributed by atoms with Gasteiger partial charge >= 0.3 is 6.18 Å². The summed E-state index contributed by atoms with van der Waals surface area (Å²) in [4.78, 5) is 3.85. The number of nitrogens with one attached hydrogen (secondary N) is 2. The van der Waals surface area contributed by atoms with E-state index in [0.717, 1.165) is 6.42 Å². The number of nitrogens with zero attached hydrogens (tertiary/aromatic N) is 1. The molecule has 0 aliphatic heterocycles. The summed E-state index contributed by atoms with van der Waals surface area (Å²) in [7, 11) is 0. The minimum absolute atomic E-state index is 0.248. The van der Waals surface area contributed by atoms with Gasteiger partial charge in [0, 0.05) is 13.1 Å². The van der Waals surface area contributed by atoms with Crippen molar-refractivity contribution >= 4 is 5.96 Å². The van der Waals surface area contributed by atoms with Crippen LogP contribution in [0.2, 0.25) is 0 Å². The predicted octanol–water partition coefficient (Wildman–Crippen LogP) is 2.46. The second-order valence-electron chi connectivity index (χ2n) is 3.41. The Labute approximate surface area is 100 Å². The quantitative estimate of drug-likeness (QED) is 0.329. The molecule has 0 heterocycles. The monoisotopic (exact) mass is 251 g/mol. The van der Waals surface area contributed by atoms with Crippen molar-refractivity contribution in [2.45, 2.75) is 32.9 Å². The van der Waals surface area contributed by atoms with E-state index >= 15 is 0 Å². The van der Waals surface area contributed by atoms with Crippen molar-refractivity contribution in [3.05, 3.63) is 12.2 Å². The predicted molar refractivity (Wildman–Crippen MR) is 64.1 cm³/mol. The lowest BCUT2D eigenvalue weighted by molar-refractivity contribution is -0.132. The van der Waals surface area contributed by atoms with Crippen LogP contribution in [0, 0.1) is 0 Å². The first-order chi connectivity index (χ1) is 7.99. The Hall–Kier alpha value is -1.20. The van der Waals surface area contributed by atoms with Crippen molar-refractivity contribution in [2.24, 2.45) is 4.99 Å². The summed E-state index contributed by atoms with van der Waals surface area (Å²) in [5.41, 5.74) is 0. The zero-order valence-corrected chi connectivity index (χ0v) is 10.3. The van der Waals surface area contributed by atoms with Gasteiger partial charge in [-0.2, -0.15) is 13.2 Å². The van der Waals surface area contributed by atoms with Gasteiger partial charge in [-0.1, -0.05) is 12.2 Å². The van der Waals surface area contributed by atoms with Crippen molar-refractivity contribution in [3.8, 4) is 0 Å². The fraction of sp³-hybridized carbons (Fsp3) is 0.727. The summed E-state index contributed by atoms with van der Waals surface area (Å²) < 4.78 is 35.8. The number of rotatable bonds is 6. The molecule has 6 heteroatoms. The van der Waals surface area contributed by atoms with E-state index < -0.39 is 12.6 Å². The van der Waals surface area contributed by atoms with Gasteiger partial charge in [-0.3, -0.25) is 4.99 Å². The Morgan fingerprint density at radius 2 is 2.00 bits per heavy atom. The third kappa shape index (κ3) is 11.1. The summed E-state index contributed by atoms with van der Waals surface area (Å²) >= 11 is 0. The van der Waals surface area contributed by atoms with Gasteiger partial charge in [-0.05, 0) is 20.3 Å². The maximum Gasteiger partial charge on any atom is 0.390 e. The molecule has 0 saturated carbocycles. The molecular formula is C11H20F3N3. The van der Waals surface area contributed by atoms with Crippen LogP contribution in [-0.2, 0) is 0 Å². The van der Waals surface area contributed by atoms with Crippen LogP contribution < -0.4 is 10.6 Å². The average Bonchev–Trinajstić information content (AvgIpc) is 2.22. The minimum atomic E-state index is -4.15. The number of guanidine groups is 1. The van der Waals surface area contributed by atoms with Crippen molar-refractivity contribution < 1.29 is 13.2 Å². The van der Waals surface area contributed by atoms with Gasteiger partial charge in [-0.25, -0.2) is 0 Å². The topological polar surface area (TPSA) is 36.4 Å². The molecule has 0 aliphatic carbocycles. The molecule has 0 unspecified atom stereocenters. The van der Waals surface area contributed by atoms with Crippen LogP contribution in [0.15, 0.2) is 17.1 Å². The van der Waals surface area contributed by atoms with Crippen LogP contribution in [0.4, 0.5) is 13.2 Å². The van der Waals surface area contributed by atoms with E-state index in [-0.39, 0.29) is 6.54 Å². The number of hydrogen-bond acceptors (Lipinski definition) is 1. The Morgan fingerprint density at radius 3 is 2.53 bits per heavy atom. The van der Waals surface area contributed by atoms with Gasteiger partial charge < -0.3 is 10.6 Å². The molecule has 0 amide bonds. The van der Waals surface area contributed by atoms with Crippen molar-refractivity contribution in [3.63, 3.8) is 0 Å². The van der Waals surface area contributed by atoms with E-state index in [0.29, 0.717) is 19.0 Å². The number of allylic oxidation sites excluding steroid dienone is 1. The molecule has 0 atom stereocenters. The van der Waals surface area contributed by atoms with E-state index in [1.54, 1.807) is 0 Å². The molecule has 100 valence electrons. The van der Waals surface area contributed by atoms with Crippen LogP contribution in [-0.4, -0.2) is 31.8 Å². The molecular weight excluding hydrogens is 231 g/mol. The molecule has 0 rings (SSSR count). The van der Waals surface area contributed by atoms with Crippen LogP contribution in [0.5, 0.6) is 0 Å². The lowest BCUT2D eigenvalue weighted by atomic mass is 10.4. The van der Waals surface area contributed by atoms with Gasteiger partial charge in [0.15, 0.2) is 5.96 Å². The van der Waals surface area contributed by atoms with Crippen LogP contribution >= 0.6 is 0 Å². The van der Waals surface area contributed by atoms with Crippen LogP contribution in [0.1, 0.15) is 26.7 Å². The van der Waals surface area contributed by atoms with Gasteiger partial charge in [0.05, 0.1) is 13.0 Å². The fourth-order valence-electron chi connectivity index (χ4n) is 1.08. The lowest BCUT2D eigenvalue weighted by Gasteiger charge is -2.10. The molecule has 0 radical (unpaired) electrons. The number of alkyl halides is 3. The summed E-state index contributed by atoms with van der Waals surface area (Å²) in [5.74, 6) is 0.432. The molecule has 2 N–H and O–H groups in total. The lowest BCUT2D eigenvalue weighted by Crippen LogP contribution is -2.37. The Bertz CT molecular complexity index is 247. The summed E-state index contributed by atoms with van der Waals surface area (Å²) in [6.45, 7) is 4.82. The van der Waals surface area contributed by atoms with Crippen molar-refractivity contribution in [2.75, 3.05) is 19.6 Å². The molecule has 0 aromatic heterocycles. The van der Waals surface area contributed by atoms with E-state index in [1.165, 1.54) is 0 Å². The molecule has 0 saturated heterocycles. The first-order valence-corrected chi connectivity index (χ1v) is 5.69. The third-order valence-corrected chi connectivity index (χ3v) is 1.85. The first kappa shape index (κ1) is 15.8. The second-order valence-corrected chi connectivity index (χ2v) is 3.41. The highest BCUT2D eigenvalue weighted by atomic mass is 19.4. The molecule has 0 aliphatic rings. The summed E-state index contributed by atoms with van der Waals surface area (Å²) in [5, 5.41) is 5.86. The highest BCUT2D eigenvalue weighted by Crippen LogP contribution is 2.18. The smallest absolute Gasteiger partial charge is 0.357 e. The van der Waals surface area contributed by atoms with E-state index in [2.05, 4.69) is 15.6 Å². The van der Waals surface area contributed by atoms with Gasteiger partial charge in [0.1, 0.15) is 0 Å².